The molecule has 1 aromatic rings. The van der Waals surface area contributed by atoms with Crippen LogP contribution in [0.25, 0.3) is 0 Å². The molecule has 0 atom stereocenters. The van der Waals surface area contributed by atoms with E-state index in [1.807, 2.05) is 6.07 Å². The summed E-state index contributed by atoms with van der Waals surface area (Å²) in [5.41, 5.74) is 1.75. The first-order chi connectivity index (χ1) is 7.33. The SMILES string of the molecule is CC(=O)N1CC(C)(C)c2cc(Cl)cc(Cl)c21. The van der Waals surface area contributed by atoms with Crippen molar-refractivity contribution in [2.75, 3.05) is 11.4 Å². The Morgan fingerprint density at radius 3 is 2.56 bits per heavy atom. The lowest BCUT2D eigenvalue weighted by Crippen LogP contribution is -2.32. The van der Waals surface area contributed by atoms with Crippen molar-refractivity contribution in [1.29, 1.82) is 0 Å². The predicted molar refractivity (Wildman–Crippen MR) is 67.5 cm³/mol. The number of fused-ring (bicyclic) bond motifs is 1. The molecule has 0 fully saturated rings. The first kappa shape index (κ1) is 11.7. The molecule has 4 heteroatoms. The molecule has 16 heavy (non-hydrogen) atoms. The monoisotopic (exact) mass is 257 g/mol. The number of rotatable bonds is 0. The van der Waals surface area contributed by atoms with Gasteiger partial charge in [0.05, 0.1) is 10.7 Å². The summed E-state index contributed by atoms with van der Waals surface area (Å²) in [5.74, 6) is 0.0102. The van der Waals surface area contributed by atoms with Crippen molar-refractivity contribution in [1.82, 2.24) is 0 Å². The number of hydrogen-bond donors (Lipinski definition) is 0. The van der Waals surface area contributed by atoms with Crippen molar-refractivity contribution < 1.29 is 4.79 Å². The number of halogens is 2. The molecule has 2 nitrogen and oxygen atoms in total. The van der Waals surface area contributed by atoms with E-state index in [0.29, 0.717) is 16.6 Å². The number of benzene rings is 1. The van der Waals surface area contributed by atoms with Crippen LogP contribution in [0.2, 0.25) is 10.0 Å². The summed E-state index contributed by atoms with van der Waals surface area (Å²) in [4.78, 5) is 13.3. The summed E-state index contributed by atoms with van der Waals surface area (Å²) in [6.45, 7) is 6.37. The Hall–Kier alpha value is -0.730. The lowest BCUT2D eigenvalue weighted by Gasteiger charge is -2.19. The summed E-state index contributed by atoms with van der Waals surface area (Å²) < 4.78 is 0. The summed E-state index contributed by atoms with van der Waals surface area (Å²) in [6.07, 6.45) is 0. The van der Waals surface area contributed by atoms with Gasteiger partial charge >= 0.3 is 0 Å². The fourth-order valence-corrected chi connectivity index (χ4v) is 2.78. The van der Waals surface area contributed by atoms with Gasteiger partial charge in [-0.15, -0.1) is 0 Å². The van der Waals surface area contributed by atoms with Gasteiger partial charge < -0.3 is 4.90 Å². The van der Waals surface area contributed by atoms with Crippen LogP contribution < -0.4 is 4.90 Å². The number of anilines is 1. The third-order valence-corrected chi connectivity index (χ3v) is 3.47. The predicted octanol–water partition coefficient (Wildman–Crippen LogP) is 3.64. The molecule has 0 N–H and O–H groups in total. The Bertz CT molecular complexity index is 468. The second kappa shape index (κ2) is 3.64. The van der Waals surface area contributed by atoms with E-state index < -0.39 is 0 Å². The van der Waals surface area contributed by atoms with Crippen LogP contribution in [0.1, 0.15) is 26.3 Å². The van der Waals surface area contributed by atoms with Crippen LogP contribution in [0.3, 0.4) is 0 Å². The standard InChI is InChI=1S/C12H13Cl2NO/c1-7(16)15-6-12(2,3)9-4-8(13)5-10(14)11(9)15/h4-5H,6H2,1-3H3. The van der Waals surface area contributed by atoms with E-state index in [2.05, 4.69) is 13.8 Å². The first-order valence-corrected chi connectivity index (χ1v) is 5.86. The molecule has 1 amide bonds. The number of nitrogens with zero attached hydrogens (tertiary/aromatic N) is 1. The molecule has 0 bridgehead atoms. The highest BCUT2D eigenvalue weighted by Crippen LogP contribution is 2.45. The van der Waals surface area contributed by atoms with Gasteiger partial charge in [-0.25, -0.2) is 0 Å². The number of carbonyl (C=O) groups excluding carboxylic acids is 1. The van der Waals surface area contributed by atoms with E-state index in [0.717, 1.165) is 11.3 Å². The Kier molecular flexibility index (Phi) is 2.67. The normalized spacial score (nSPS) is 17.4. The quantitative estimate of drug-likeness (QED) is 0.695. The Labute approximate surface area is 105 Å². The number of amides is 1. The van der Waals surface area contributed by atoms with Gasteiger partial charge in [0, 0.05) is 23.9 Å². The Morgan fingerprint density at radius 2 is 2.00 bits per heavy atom. The van der Waals surface area contributed by atoms with Crippen LogP contribution >= 0.6 is 23.2 Å². The molecule has 0 saturated carbocycles. The maximum Gasteiger partial charge on any atom is 0.223 e. The third kappa shape index (κ3) is 1.70. The first-order valence-electron chi connectivity index (χ1n) is 5.10. The van der Waals surface area contributed by atoms with Crippen molar-refractivity contribution in [3.63, 3.8) is 0 Å². The van der Waals surface area contributed by atoms with E-state index in [1.54, 1.807) is 17.9 Å². The lowest BCUT2D eigenvalue weighted by atomic mass is 9.87. The molecule has 0 saturated heterocycles. The van der Waals surface area contributed by atoms with Gasteiger partial charge in [-0.05, 0) is 17.7 Å². The van der Waals surface area contributed by atoms with Crippen molar-refractivity contribution in [3.05, 3.63) is 27.7 Å². The molecule has 0 unspecified atom stereocenters. The summed E-state index contributed by atoms with van der Waals surface area (Å²) in [6, 6.07) is 3.57. The summed E-state index contributed by atoms with van der Waals surface area (Å²) >= 11 is 12.2. The molecular weight excluding hydrogens is 245 g/mol. The number of carbonyl (C=O) groups is 1. The molecule has 0 radical (unpaired) electrons. The topological polar surface area (TPSA) is 20.3 Å². The van der Waals surface area contributed by atoms with E-state index in [9.17, 15) is 4.79 Å². The van der Waals surface area contributed by atoms with Crippen LogP contribution in [0.15, 0.2) is 12.1 Å². The lowest BCUT2D eigenvalue weighted by molar-refractivity contribution is -0.116. The van der Waals surface area contributed by atoms with Gasteiger partial charge in [0.2, 0.25) is 5.91 Å². The van der Waals surface area contributed by atoms with Gasteiger partial charge in [0.25, 0.3) is 0 Å². The highest BCUT2D eigenvalue weighted by atomic mass is 35.5. The van der Waals surface area contributed by atoms with Gasteiger partial charge in [0.15, 0.2) is 0 Å². The second-order valence-electron chi connectivity index (χ2n) is 4.77. The zero-order valence-corrected chi connectivity index (χ0v) is 11.0. The van der Waals surface area contributed by atoms with Crippen molar-refractivity contribution in [2.45, 2.75) is 26.2 Å². The largest absolute Gasteiger partial charge is 0.310 e. The molecule has 0 aliphatic carbocycles. The fraction of sp³-hybridized carbons (Fsp3) is 0.417. The fourth-order valence-electron chi connectivity index (χ4n) is 2.18. The van der Waals surface area contributed by atoms with Crippen LogP contribution in [0.4, 0.5) is 5.69 Å². The van der Waals surface area contributed by atoms with Crippen LogP contribution in [-0.2, 0) is 10.2 Å². The van der Waals surface area contributed by atoms with Crippen molar-refractivity contribution in [3.8, 4) is 0 Å². The zero-order chi connectivity index (χ0) is 12.1. The molecule has 0 aromatic heterocycles. The van der Waals surface area contributed by atoms with E-state index in [-0.39, 0.29) is 11.3 Å². The minimum Gasteiger partial charge on any atom is -0.310 e. The number of hydrogen-bond acceptors (Lipinski definition) is 1. The maximum atomic E-state index is 11.6. The molecule has 1 heterocycles. The van der Waals surface area contributed by atoms with Gasteiger partial charge in [-0.3, -0.25) is 4.79 Å². The third-order valence-electron chi connectivity index (χ3n) is 2.96. The highest BCUT2D eigenvalue weighted by Gasteiger charge is 2.38. The average Bonchev–Trinajstić information content (AvgIpc) is 2.39. The molecule has 1 aliphatic rings. The summed E-state index contributed by atoms with van der Waals surface area (Å²) in [5, 5.41) is 1.16. The van der Waals surface area contributed by atoms with Crippen LogP contribution in [0.5, 0.6) is 0 Å². The molecule has 0 spiro atoms. The van der Waals surface area contributed by atoms with Crippen molar-refractivity contribution >= 4 is 34.8 Å². The van der Waals surface area contributed by atoms with Gasteiger partial charge in [-0.1, -0.05) is 37.0 Å². The Balaban J connectivity index is 2.68. The Morgan fingerprint density at radius 1 is 1.38 bits per heavy atom. The summed E-state index contributed by atoms with van der Waals surface area (Å²) in [7, 11) is 0. The molecule has 1 aromatic carbocycles. The van der Waals surface area contributed by atoms with Crippen LogP contribution in [-0.4, -0.2) is 12.5 Å². The van der Waals surface area contributed by atoms with Crippen LogP contribution in [0, 0.1) is 0 Å². The zero-order valence-electron chi connectivity index (χ0n) is 9.47. The molecule has 1 aliphatic heterocycles. The molecular formula is C12H13Cl2NO. The van der Waals surface area contributed by atoms with E-state index in [4.69, 9.17) is 23.2 Å². The van der Waals surface area contributed by atoms with E-state index >= 15 is 0 Å². The molecule has 2 rings (SSSR count). The minimum atomic E-state index is -0.102. The van der Waals surface area contributed by atoms with Gasteiger partial charge in [-0.2, -0.15) is 0 Å². The average molecular weight is 258 g/mol. The maximum absolute atomic E-state index is 11.6. The smallest absolute Gasteiger partial charge is 0.223 e. The van der Waals surface area contributed by atoms with E-state index in [1.165, 1.54) is 0 Å². The second-order valence-corrected chi connectivity index (χ2v) is 5.62. The highest BCUT2D eigenvalue weighted by molar-refractivity contribution is 6.37. The van der Waals surface area contributed by atoms with Gasteiger partial charge in [0.1, 0.15) is 0 Å². The molecule has 86 valence electrons. The minimum absolute atomic E-state index is 0.0102. The van der Waals surface area contributed by atoms with Crippen molar-refractivity contribution in [2.24, 2.45) is 0 Å².